The first kappa shape index (κ1) is 23.2. The highest BCUT2D eigenvalue weighted by atomic mass is 19.1. The molecule has 0 fully saturated rings. The van der Waals surface area contributed by atoms with Crippen molar-refractivity contribution in [1.82, 2.24) is 4.90 Å². The Kier molecular flexibility index (Phi) is 6.77. The Balaban J connectivity index is 1.73. The van der Waals surface area contributed by atoms with E-state index in [1.165, 1.54) is 17.0 Å². The van der Waals surface area contributed by atoms with Crippen LogP contribution in [0.2, 0.25) is 0 Å². The summed E-state index contributed by atoms with van der Waals surface area (Å²) in [6.07, 6.45) is 0.880. The maximum Gasteiger partial charge on any atom is 0.278 e. The van der Waals surface area contributed by atoms with E-state index in [-0.39, 0.29) is 24.0 Å². The summed E-state index contributed by atoms with van der Waals surface area (Å²) >= 11 is 0. The molecule has 1 N–H and O–H groups in total. The summed E-state index contributed by atoms with van der Waals surface area (Å²) in [6.45, 7) is 6.57. The molecule has 34 heavy (non-hydrogen) atoms. The summed E-state index contributed by atoms with van der Waals surface area (Å²) in [5.74, 6) is -0.503. The van der Waals surface area contributed by atoms with Gasteiger partial charge in [-0.25, -0.2) is 4.39 Å². The van der Waals surface area contributed by atoms with Gasteiger partial charge in [0.15, 0.2) is 0 Å². The van der Waals surface area contributed by atoms with Gasteiger partial charge in [0.2, 0.25) is 0 Å². The molecule has 174 valence electrons. The first-order valence-corrected chi connectivity index (χ1v) is 11.3. The minimum atomic E-state index is -0.427. The zero-order valence-electron chi connectivity index (χ0n) is 19.5. The van der Waals surface area contributed by atoms with Crippen LogP contribution in [-0.4, -0.2) is 23.3 Å². The second-order valence-electron chi connectivity index (χ2n) is 8.39. The number of halogens is 1. The van der Waals surface area contributed by atoms with Crippen molar-refractivity contribution in [3.8, 4) is 5.75 Å². The van der Waals surface area contributed by atoms with Gasteiger partial charge in [-0.3, -0.25) is 14.5 Å². The highest BCUT2D eigenvalue weighted by molar-refractivity contribution is 6.36. The van der Waals surface area contributed by atoms with Crippen LogP contribution >= 0.6 is 0 Å². The Morgan fingerprint density at radius 3 is 2.41 bits per heavy atom. The van der Waals surface area contributed by atoms with Crippen LogP contribution < -0.4 is 10.1 Å². The quantitative estimate of drug-likeness (QED) is 0.445. The molecule has 2 amide bonds. The predicted octanol–water partition coefficient (Wildman–Crippen LogP) is 5.62. The van der Waals surface area contributed by atoms with Crippen molar-refractivity contribution in [1.29, 1.82) is 0 Å². The number of anilines is 1. The first-order chi connectivity index (χ1) is 16.4. The highest BCUT2D eigenvalue weighted by Gasteiger charge is 2.39. The maximum atomic E-state index is 13.5. The fourth-order valence-corrected chi connectivity index (χ4v) is 3.98. The van der Waals surface area contributed by atoms with Crippen molar-refractivity contribution in [2.75, 3.05) is 11.9 Å². The number of hydrogen-bond acceptors (Lipinski definition) is 4. The standard InChI is InChI=1S/C28H27FN2O3/c1-4-14-34-23-7-5-6-22(16-23)30-26-25(24-13-8-18(2)15-19(24)3)27(32)31(28(26)33)17-20-9-11-21(29)12-10-20/h5-13,15-16,30H,4,14,17H2,1-3H3. The van der Waals surface area contributed by atoms with Crippen LogP contribution in [0, 0.1) is 19.7 Å². The third-order valence-electron chi connectivity index (χ3n) is 5.65. The molecule has 5 nitrogen and oxygen atoms in total. The van der Waals surface area contributed by atoms with Crippen molar-refractivity contribution in [2.24, 2.45) is 0 Å². The number of nitrogens with one attached hydrogen (secondary N) is 1. The van der Waals surface area contributed by atoms with Gasteiger partial charge in [-0.1, -0.05) is 48.9 Å². The second-order valence-corrected chi connectivity index (χ2v) is 8.39. The molecule has 1 aliphatic heterocycles. The van der Waals surface area contributed by atoms with E-state index >= 15 is 0 Å². The molecule has 1 heterocycles. The van der Waals surface area contributed by atoms with E-state index in [2.05, 4.69) is 5.32 Å². The second kappa shape index (κ2) is 9.91. The van der Waals surface area contributed by atoms with E-state index in [0.29, 0.717) is 34.7 Å². The van der Waals surface area contributed by atoms with Gasteiger partial charge in [0, 0.05) is 11.8 Å². The molecule has 4 rings (SSSR count). The topological polar surface area (TPSA) is 58.6 Å². The summed E-state index contributed by atoms with van der Waals surface area (Å²) in [7, 11) is 0. The number of aryl methyl sites for hydroxylation is 2. The third kappa shape index (κ3) is 4.86. The minimum absolute atomic E-state index is 0.0528. The normalized spacial score (nSPS) is 13.6. The third-order valence-corrected chi connectivity index (χ3v) is 5.65. The van der Waals surface area contributed by atoms with Crippen molar-refractivity contribution in [2.45, 2.75) is 33.7 Å². The first-order valence-electron chi connectivity index (χ1n) is 11.3. The van der Waals surface area contributed by atoms with Gasteiger partial charge < -0.3 is 10.1 Å². The number of ether oxygens (including phenoxy) is 1. The van der Waals surface area contributed by atoms with Crippen molar-refractivity contribution in [3.63, 3.8) is 0 Å². The average Bonchev–Trinajstić information content (AvgIpc) is 3.04. The Morgan fingerprint density at radius 2 is 1.71 bits per heavy atom. The molecule has 0 aliphatic carbocycles. The number of nitrogens with zero attached hydrogens (tertiary/aromatic N) is 1. The predicted molar refractivity (Wildman–Crippen MR) is 131 cm³/mol. The Bertz CT molecular complexity index is 1260. The van der Waals surface area contributed by atoms with Gasteiger partial charge in [-0.05, 0) is 61.2 Å². The number of carbonyl (C=O) groups is 2. The van der Waals surface area contributed by atoms with Crippen molar-refractivity contribution >= 4 is 23.1 Å². The van der Waals surface area contributed by atoms with E-state index in [4.69, 9.17) is 4.74 Å². The van der Waals surface area contributed by atoms with Crippen LogP contribution in [0.15, 0.2) is 72.4 Å². The molecule has 1 aliphatic rings. The molecule has 0 radical (unpaired) electrons. The van der Waals surface area contributed by atoms with Gasteiger partial charge in [0.05, 0.1) is 18.7 Å². The lowest BCUT2D eigenvalue weighted by atomic mass is 9.97. The molecule has 0 atom stereocenters. The highest BCUT2D eigenvalue weighted by Crippen LogP contribution is 2.34. The lowest BCUT2D eigenvalue weighted by molar-refractivity contribution is -0.137. The zero-order chi connectivity index (χ0) is 24.2. The monoisotopic (exact) mass is 458 g/mol. The summed E-state index contributed by atoms with van der Waals surface area (Å²) in [5, 5.41) is 3.18. The summed E-state index contributed by atoms with van der Waals surface area (Å²) in [5.41, 5.74) is 4.52. The average molecular weight is 459 g/mol. The molecule has 0 aromatic heterocycles. The van der Waals surface area contributed by atoms with Gasteiger partial charge >= 0.3 is 0 Å². The number of hydrogen-bond donors (Lipinski definition) is 1. The number of benzene rings is 3. The smallest absolute Gasteiger partial charge is 0.278 e. The van der Waals surface area contributed by atoms with E-state index < -0.39 is 5.91 Å². The van der Waals surface area contributed by atoms with Crippen molar-refractivity contribution in [3.05, 3.63) is 100 Å². The molecule has 0 unspecified atom stereocenters. The van der Waals surface area contributed by atoms with Crippen LogP contribution in [-0.2, 0) is 16.1 Å². The molecular formula is C28H27FN2O3. The summed E-state index contributed by atoms with van der Waals surface area (Å²) in [4.78, 5) is 28.2. The van der Waals surface area contributed by atoms with E-state index in [9.17, 15) is 14.0 Å². The van der Waals surface area contributed by atoms with Crippen LogP contribution in [0.1, 0.15) is 35.6 Å². The van der Waals surface area contributed by atoms with Gasteiger partial charge in [0.25, 0.3) is 11.8 Å². The number of imide groups is 1. The SMILES string of the molecule is CCCOc1cccc(NC2=C(c3ccc(C)cc3C)C(=O)N(Cc3ccc(F)cc3)C2=O)c1. The fraction of sp³-hybridized carbons (Fsp3) is 0.214. The lowest BCUT2D eigenvalue weighted by Crippen LogP contribution is -2.32. The van der Waals surface area contributed by atoms with Gasteiger partial charge in [-0.2, -0.15) is 0 Å². The van der Waals surface area contributed by atoms with Gasteiger partial charge in [-0.15, -0.1) is 0 Å². The van der Waals surface area contributed by atoms with E-state index in [1.54, 1.807) is 12.1 Å². The van der Waals surface area contributed by atoms with Crippen LogP contribution in [0.3, 0.4) is 0 Å². The molecule has 0 bridgehead atoms. The molecule has 6 heteroatoms. The van der Waals surface area contributed by atoms with E-state index in [0.717, 1.165) is 17.5 Å². The molecule has 3 aromatic rings. The largest absolute Gasteiger partial charge is 0.494 e. The lowest BCUT2D eigenvalue weighted by Gasteiger charge is -2.16. The Hall–Kier alpha value is -3.93. The molecular weight excluding hydrogens is 431 g/mol. The molecule has 0 saturated heterocycles. The maximum absolute atomic E-state index is 13.5. The summed E-state index contributed by atoms with van der Waals surface area (Å²) in [6, 6.07) is 18.9. The summed E-state index contributed by atoms with van der Waals surface area (Å²) < 4.78 is 19.1. The van der Waals surface area contributed by atoms with Gasteiger partial charge in [0.1, 0.15) is 17.3 Å². The Morgan fingerprint density at radius 1 is 0.941 bits per heavy atom. The van der Waals surface area contributed by atoms with Crippen LogP contribution in [0.25, 0.3) is 5.57 Å². The Labute approximate surface area is 198 Å². The molecule has 0 saturated carbocycles. The minimum Gasteiger partial charge on any atom is -0.494 e. The fourth-order valence-electron chi connectivity index (χ4n) is 3.98. The van der Waals surface area contributed by atoms with Crippen LogP contribution in [0.5, 0.6) is 5.75 Å². The number of carbonyl (C=O) groups excluding carboxylic acids is 2. The number of rotatable bonds is 8. The zero-order valence-corrected chi connectivity index (χ0v) is 19.5. The van der Waals surface area contributed by atoms with Crippen molar-refractivity contribution < 1.29 is 18.7 Å². The number of amides is 2. The van der Waals surface area contributed by atoms with Crippen LogP contribution in [0.4, 0.5) is 10.1 Å². The van der Waals surface area contributed by atoms with E-state index in [1.807, 2.05) is 63.2 Å². The molecule has 3 aromatic carbocycles. The molecule has 0 spiro atoms.